The summed E-state index contributed by atoms with van der Waals surface area (Å²) in [5, 5.41) is 3.00. The van der Waals surface area contributed by atoms with Crippen LogP contribution in [0.3, 0.4) is 0 Å². The number of ether oxygens (including phenoxy) is 1. The second-order valence-corrected chi connectivity index (χ2v) is 7.44. The molecule has 27 heavy (non-hydrogen) atoms. The van der Waals surface area contributed by atoms with Crippen molar-refractivity contribution in [3.63, 3.8) is 0 Å². The number of nitrogens with one attached hydrogen (secondary N) is 1. The van der Waals surface area contributed by atoms with Crippen LogP contribution in [-0.4, -0.2) is 30.5 Å². The highest BCUT2D eigenvalue weighted by Gasteiger charge is 2.13. The van der Waals surface area contributed by atoms with E-state index in [1.165, 1.54) is 49.0 Å². The van der Waals surface area contributed by atoms with E-state index in [-0.39, 0.29) is 12.5 Å². The van der Waals surface area contributed by atoms with Gasteiger partial charge in [0.1, 0.15) is 5.75 Å². The van der Waals surface area contributed by atoms with Crippen LogP contribution in [0, 0.1) is 13.8 Å². The quantitative estimate of drug-likeness (QED) is 0.806. The molecule has 1 amide bonds. The molecule has 0 bridgehead atoms. The highest BCUT2D eigenvalue weighted by atomic mass is 16.5. The first-order valence-corrected chi connectivity index (χ1v) is 9.88. The Balaban J connectivity index is 1.51. The van der Waals surface area contributed by atoms with Gasteiger partial charge < -0.3 is 10.1 Å². The van der Waals surface area contributed by atoms with Gasteiger partial charge >= 0.3 is 0 Å². The minimum absolute atomic E-state index is 0.0399. The van der Waals surface area contributed by atoms with E-state index in [0.717, 1.165) is 17.9 Å². The van der Waals surface area contributed by atoms with Crippen molar-refractivity contribution < 1.29 is 9.53 Å². The van der Waals surface area contributed by atoms with E-state index in [1.54, 1.807) is 0 Å². The van der Waals surface area contributed by atoms with Gasteiger partial charge in [-0.05, 0) is 62.5 Å². The van der Waals surface area contributed by atoms with Gasteiger partial charge in [-0.2, -0.15) is 0 Å². The Kier molecular flexibility index (Phi) is 6.88. The fourth-order valence-electron chi connectivity index (χ4n) is 3.59. The van der Waals surface area contributed by atoms with E-state index in [1.807, 2.05) is 32.0 Å². The fraction of sp³-hybridized carbons (Fsp3) is 0.435. The third kappa shape index (κ3) is 5.83. The van der Waals surface area contributed by atoms with E-state index in [4.69, 9.17) is 4.74 Å². The molecular weight excluding hydrogens is 336 g/mol. The van der Waals surface area contributed by atoms with Crippen LogP contribution in [0.25, 0.3) is 0 Å². The van der Waals surface area contributed by atoms with E-state index in [0.29, 0.717) is 6.54 Å². The maximum absolute atomic E-state index is 12.2. The fourth-order valence-corrected chi connectivity index (χ4v) is 3.59. The van der Waals surface area contributed by atoms with Gasteiger partial charge in [-0.1, -0.05) is 48.4 Å². The second kappa shape index (κ2) is 9.56. The molecule has 0 unspecified atom stereocenters. The summed E-state index contributed by atoms with van der Waals surface area (Å²) in [7, 11) is 0. The lowest BCUT2D eigenvalue weighted by Gasteiger charge is -2.27. The molecule has 0 saturated carbocycles. The summed E-state index contributed by atoms with van der Waals surface area (Å²) >= 11 is 0. The number of aryl methyl sites for hydroxylation is 2. The normalized spacial score (nSPS) is 14.7. The third-order valence-electron chi connectivity index (χ3n) is 5.13. The number of carbonyl (C=O) groups is 1. The Morgan fingerprint density at radius 3 is 2.52 bits per heavy atom. The number of piperidine rings is 1. The Morgan fingerprint density at radius 1 is 1.04 bits per heavy atom. The molecule has 0 atom stereocenters. The summed E-state index contributed by atoms with van der Waals surface area (Å²) in [5.41, 5.74) is 4.72. The molecule has 1 fully saturated rings. The molecule has 144 valence electrons. The second-order valence-electron chi connectivity index (χ2n) is 7.44. The zero-order valence-electron chi connectivity index (χ0n) is 16.5. The lowest BCUT2D eigenvalue weighted by atomic mass is 10.0. The number of likely N-dealkylation sites (tertiary alicyclic amines) is 1. The van der Waals surface area contributed by atoms with Crippen LogP contribution in [0.1, 0.15) is 41.5 Å². The van der Waals surface area contributed by atoms with E-state index in [2.05, 4.69) is 34.5 Å². The minimum atomic E-state index is -0.0947. The average Bonchev–Trinajstić information content (AvgIpc) is 2.67. The molecule has 1 heterocycles. The largest absolute Gasteiger partial charge is 0.484 e. The molecule has 2 aromatic carbocycles. The molecule has 1 aliphatic rings. The van der Waals surface area contributed by atoms with Crippen LogP contribution < -0.4 is 10.1 Å². The number of hydrogen-bond acceptors (Lipinski definition) is 3. The number of carbonyl (C=O) groups excluding carboxylic acids is 1. The number of nitrogens with zero attached hydrogens (tertiary/aromatic N) is 1. The summed E-state index contributed by atoms with van der Waals surface area (Å²) in [4.78, 5) is 14.7. The minimum Gasteiger partial charge on any atom is -0.484 e. The molecule has 4 nitrogen and oxygen atoms in total. The monoisotopic (exact) mass is 366 g/mol. The van der Waals surface area contributed by atoms with E-state index >= 15 is 0 Å². The lowest BCUT2D eigenvalue weighted by Crippen LogP contribution is -2.31. The van der Waals surface area contributed by atoms with Gasteiger partial charge in [0, 0.05) is 13.1 Å². The highest BCUT2D eigenvalue weighted by Crippen LogP contribution is 2.19. The molecule has 0 aromatic heterocycles. The Morgan fingerprint density at radius 2 is 1.78 bits per heavy atom. The molecule has 0 radical (unpaired) electrons. The van der Waals surface area contributed by atoms with E-state index < -0.39 is 0 Å². The predicted molar refractivity (Wildman–Crippen MR) is 109 cm³/mol. The van der Waals surface area contributed by atoms with Gasteiger partial charge in [-0.15, -0.1) is 0 Å². The van der Waals surface area contributed by atoms with Gasteiger partial charge in [-0.3, -0.25) is 9.69 Å². The lowest BCUT2D eigenvalue weighted by molar-refractivity contribution is -0.123. The standard InChI is InChI=1S/C23H30N2O2/c1-18-10-11-22(19(2)14-18)27-17-23(26)24-15-20-8-4-5-9-21(20)16-25-12-6-3-7-13-25/h4-5,8-11,14H,3,6-7,12-13,15-17H2,1-2H3,(H,24,26). The molecule has 1 N–H and O–H groups in total. The Hall–Kier alpha value is -2.33. The van der Waals surface area contributed by atoms with Gasteiger partial charge in [0.15, 0.2) is 6.61 Å². The summed E-state index contributed by atoms with van der Waals surface area (Å²) in [6.45, 7) is 7.93. The topological polar surface area (TPSA) is 41.6 Å². The first kappa shape index (κ1) is 19.4. The van der Waals surface area contributed by atoms with Gasteiger partial charge in [0.25, 0.3) is 5.91 Å². The van der Waals surface area contributed by atoms with Crippen molar-refractivity contribution in [2.24, 2.45) is 0 Å². The van der Waals surface area contributed by atoms with Gasteiger partial charge in [0.05, 0.1) is 0 Å². The van der Waals surface area contributed by atoms with Crippen LogP contribution >= 0.6 is 0 Å². The number of benzene rings is 2. The van der Waals surface area contributed by atoms with Crippen molar-refractivity contribution in [3.05, 3.63) is 64.7 Å². The average molecular weight is 367 g/mol. The predicted octanol–water partition coefficient (Wildman–Crippen LogP) is 3.98. The van der Waals surface area contributed by atoms with Gasteiger partial charge in [0.2, 0.25) is 0 Å². The molecule has 0 aliphatic carbocycles. The molecule has 0 spiro atoms. The van der Waals surface area contributed by atoms with Crippen molar-refractivity contribution in [2.45, 2.75) is 46.2 Å². The smallest absolute Gasteiger partial charge is 0.258 e. The molecule has 2 aromatic rings. The van der Waals surface area contributed by atoms with Crippen LogP contribution in [0.2, 0.25) is 0 Å². The van der Waals surface area contributed by atoms with Crippen LogP contribution in [0.15, 0.2) is 42.5 Å². The van der Waals surface area contributed by atoms with Gasteiger partial charge in [-0.25, -0.2) is 0 Å². The van der Waals surface area contributed by atoms with Crippen molar-refractivity contribution in [1.29, 1.82) is 0 Å². The highest BCUT2D eigenvalue weighted by molar-refractivity contribution is 5.77. The molecule has 4 heteroatoms. The molecule has 3 rings (SSSR count). The van der Waals surface area contributed by atoms with Crippen molar-refractivity contribution in [1.82, 2.24) is 10.2 Å². The first-order valence-electron chi connectivity index (χ1n) is 9.88. The molecule has 1 saturated heterocycles. The summed E-state index contributed by atoms with van der Waals surface area (Å²) in [6, 6.07) is 14.4. The SMILES string of the molecule is Cc1ccc(OCC(=O)NCc2ccccc2CN2CCCCC2)c(C)c1. The van der Waals surface area contributed by atoms with Crippen molar-refractivity contribution in [3.8, 4) is 5.75 Å². The van der Waals surface area contributed by atoms with Crippen LogP contribution in [-0.2, 0) is 17.9 Å². The Bertz CT molecular complexity index is 767. The summed E-state index contributed by atoms with van der Waals surface area (Å²) in [6.07, 6.45) is 3.91. The van der Waals surface area contributed by atoms with Crippen LogP contribution in [0.4, 0.5) is 0 Å². The Labute approximate surface area is 162 Å². The first-order chi connectivity index (χ1) is 13.1. The maximum Gasteiger partial charge on any atom is 0.258 e. The van der Waals surface area contributed by atoms with E-state index in [9.17, 15) is 4.79 Å². The number of rotatable bonds is 7. The molecular formula is C23H30N2O2. The third-order valence-corrected chi connectivity index (χ3v) is 5.13. The number of amides is 1. The zero-order valence-corrected chi connectivity index (χ0v) is 16.5. The summed E-state index contributed by atoms with van der Waals surface area (Å²) in [5.74, 6) is 0.670. The van der Waals surface area contributed by atoms with Crippen molar-refractivity contribution >= 4 is 5.91 Å². The molecule has 1 aliphatic heterocycles. The van der Waals surface area contributed by atoms with Crippen LogP contribution in [0.5, 0.6) is 5.75 Å². The zero-order chi connectivity index (χ0) is 19.1. The maximum atomic E-state index is 12.2. The summed E-state index contributed by atoms with van der Waals surface area (Å²) < 4.78 is 5.67. The number of hydrogen-bond donors (Lipinski definition) is 1. The van der Waals surface area contributed by atoms with Crippen molar-refractivity contribution in [2.75, 3.05) is 19.7 Å².